The summed E-state index contributed by atoms with van der Waals surface area (Å²) in [5.74, 6) is 1.49. The summed E-state index contributed by atoms with van der Waals surface area (Å²) in [6.45, 7) is 2.15. The van der Waals surface area contributed by atoms with Crippen LogP contribution in [0.3, 0.4) is 0 Å². The highest BCUT2D eigenvalue weighted by molar-refractivity contribution is 8.03. The van der Waals surface area contributed by atoms with Gasteiger partial charge in [0.1, 0.15) is 0 Å². The first-order valence-electron chi connectivity index (χ1n) is 9.78. The molecule has 1 aliphatic heterocycles. The molecule has 0 spiro atoms. The number of allylic oxidation sites excluding steroid dienone is 1. The second-order valence-electron chi connectivity index (χ2n) is 7.59. The molecule has 29 heavy (non-hydrogen) atoms. The van der Waals surface area contributed by atoms with E-state index in [1.807, 2.05) is 42.2 Å². The number of benzene rings is 2. The third-order valence-electron chi connectivity index (χ3n) is 5.61. The molecule has 1 unspecified atom stereocenters. The average molecular weight is 442 g/mol. The predicted molar refractivity (Wildman–Crippen MR) is 124 cm³/mol. The average Bonchev–Trinajstić information content (AvgIpc) is 3.50. The summed E-state index contributed by atoms with van der Waals surface area (Å²) >= 11 is 14.5. The van der Waals surface area contributed by atoms with E-state index in [9.17, 15) is 0 Å². The molecule has 3 aromatic rings. The zero-order valence-electron chi connectivity index (χ0n) is 16.0. The van der Waals surface area contributed by atoms with Gasteiger partial charge in [0, 0.05) is 27.1 Å². The fourth-order valence-corrected chi connectivity index (χ4v) is 5.40. The quantitative estimate of drug-likeness (QED) is 0.466. The smallest absolute Gasteiger partial charge is 0.0843 e. The molecule has 6 heteroatoms. The van der Waals surface area contributed by atoms with Crippen molar-refractivity contribution in [2.24, 2.45) is 5.92 Å². The zero-order valence-corrected chi connectivity index (χ0v) is 18.4. The summed E-state index contributed by atoms with van der Waals surface area (Å²) < 4.78 is 0. The van der Waals surface area contributed by atoms with E-state index >= 15 is 0 Å². The second-order valence-corrected chi connectivity index (χ2v) is 9.59. The lowest BCUT2D eigenvalue weighted by Crippen LogP contribution is -2.38. The maximum atomic E-state index is 6.56. The Hall–Kier alpha value is -1.72. The van der Waals surface area contributed by atoms with E-state index in [-0.39, 0.29) is 6.04 Å². The number of thioether (sulfide) groups is 1. The van der Waals surface area contributed by atoms with Crippen molar-refractivity contribution in [2.45, 2.75) is 25.8 Å². The number of rotatable bonds is 5. The molecular weight excluding hydrogens is 421 g/mol. The first kappa shape index (κ1) is 19.3. The van der Waals surface area contributed by atoms with Crippen molar-refractivity contribution >= 4 is 51.6 Å². The molecular formula is C23H21Cl2N3S. The minimum atomic E-state index is 0.246. The van der Waals surface area contributed by atoms with Crippen LogP contribution in [0.2, 0.25) is 10.0 Å². The number of fused-ring (bicyclic) bond motifs is 1. The largest absolute Gasteiger partial charge is 0.296 e. The molecule has 1 N–H and O–H groups in total. The SMILES string of the molecule is CC1=C(c2ccc(Cl)cc2Cl)N(NC(c2ccnc3ccccc23)C2CC2)CS1. The molecule has 1 saturated carbocycles. The van der Waals surface area contributed by atoms with Crippen molar-refractivity contribution in [3.63, 3.8) is 0 Å². The molecule has 3 nitrogen and oxygen atoms in total. The minimum absolute atomic E-state index is 0.246. The van der Waals surface area contributed by atoms with Gasteiger partial charge in [0.15, 0.2) is 0 Å². The van der Waals surface area contributed by atoms with Gasteiger partial charge in [0.2, 0.25) is 0 Å². The fourth-order valence-electron chi connectivity index (χ4n) is 4.02. The van der Waals surface area contributed by atoms with Crippen LogP contribution in [0.15, 0.2) is 59.6 Å². The number of hydrazine groups is 1. The number of para-hydroxylation sites is 1. The molecule has 0 bridgehead atoms. The monoisotopic (exact) mass is 441 g/mol. The maximum absolute atomic E-state index is 6.56. The first-order valence-corrected chi connectivity index (χ1v) is 11.5. The molecule has 5 rings (SSSR count). The minimum Gasteiger partial charge on any atom is -0.296 e. The van der Waals surface area contributed by atoms with E-state index in [4.69, 9.17) is 23.2 Å². The van der Waals surface area contributed by atoms with Gasteiger partial charge in [-0.1, -0.05) is 41.4 Å². The van der Waals surface area contributed by atoms with Gasteiger partial charge < -0.3 is 0 Å². The Kier molecular flexibility index (Phi) is 5.21. The first-order chi connectivity index (χ1) is 14.1. The van der Waals surface area contributed by atoms with Gasteiger partial charge >= 0.3 is 0 Å². The highest BCUT2D eigenvalue weighted by atomic mass is 35.5. The van der Waals surface area contributed by atoms with Crippen molar-refractivity contribution < 1.29 is 0 Å². The van der Waals surface area contributed by atoms with Gasteiger partial charge in [0.25, 0.3) is 0 Å². The van der Waals surface area contributed by atoms with Gasteiger partial charge in [-0.15, -0.1) is 11.8 Å². The van der Waals surface area contributed by atoms with Gasteiger partial charge in [-0.25, -0.2) is 5.43 Å². The highest BCUT2D eigenvalue weighted by Gasteiger charge is 2.36. The summed E-state index contributed by atoms with van der Waals surface area (Å²) in [5, 5.41) is 4.81. The van der Waals surface area contributed by atoms with E-state index in [0.29, 0.717) is 16.0 Å². The molecule has 1 aliphatic carbocycles. The van der Waals surface area contributed by atoms with E-state index in [2.05, 4.69) is 46.6 Å². The van der Waals surface area contributed by atoms with Crippen molar-refractivity contribution in [3.05, 3.63) is 80.8 Å². The molecule has 2 aliphatic rings. The van der Waals surface area contributed by atoms with Gasteiger partial charge in [0.05, 0.1) is 28.2 Å². The van der Waals surface area contributed by atoms with E-state index in [0.717, 1.165) is 22.7 Å². The molecule has 0 radical (unpaired) electrons. The lowest BCUT2D eigenvalue weighted by Gasteiger charge is -2.30. The third kappa shape index (κ3) is 3.75. The normalized spacial score (nSPS) is 18.0. The van der Waals surface area contributed by atoms with Crippen LogP contribution < -0.4 is 5.43 Å². The molecule has 1 fully saturated rings. The van der Waals surface area contributed by atoms with E-state index in [1.165, 1.54) is 28.7 Å². The third-order valence-corrected chi connectivity index (χ3v) is 7.17. The zero-order chi connectivity index (χ0) is 20.0. The van der Waals surface area contributed by atoms with Crippen molar-refractivity contribution in [3.8, 4) is 0 Å². The second kappa shape index (κ2) is 7.84. The summed E-state index contributed by atoms with van der Waals surface area (Å²) in [7, 11) is 0. The molecule has 148 valence electrons. The lowest BCUT2D eigenvalue weighted by molar-refractivity contribution is 0.266. The molecule has 1 aromatic heterocycles. The molecule has 0 amide bonds. The standard InChI is InChI=1S/C23H21Cl2N3S/c1-14-23(19-9-8-16(24)12-20(19)25)28(13-29-14)27-22(15-6-7-15)18-10-11-26-21-5-3-2-4-17(18)21/h2-5,8-12,15,22,27H,6-7,13H2,1H3. The van der Waals surface area contributed by atoms with Crippen LogP contribution in [0.4, 0.5) is 0 Å². The van der Waals surface area contributed by atoms with Crippen molar-refractivity contribution in [1.29, 1.82) is 0 Å². The van der Waals surface area contributed by atoms with Gasteiger partial charge in [-0.2, -0.15) is 0 Å². The van der Waals surface area contributed by atoms with Crippen molar-refractivity contribution in [2.75, 3.05) is 5.88 Å². The van der Waals surface area contributed by atoms with Gasteiger partial charge in [-0.05, 0) is 61.6 Å². The van der Waals surface area contributed by atoms with Crippen LogP contribution in [0.1, 0.15) is 36.9 Å². The number of halogens is 2. The Bertz CT molecular complexity index is 1100. The number of pyridine rings is 1. The number of hydrogen-bond acceptors (Lipinski definition) is 4. The molecule has 2 heterocycles. The number of nitrogens with one attached hydrogen (secondary N) is 1. The maximum Gasteiger partial charge on any atom is 0.0843 e. The van der Waals surface area contributed by atoms with Crippen LogP contribution in [-0.2, 0) is 0 Å². The summed E-state index contributed by atoms with van der Waals surface area (Å²) in [5.41, 5.74) is 8.35. The van der Waals surface area contributed by atoms with Gasteiger partial charge in [-0.3, -0.25) is 9.99 Å². The highest BCUT2D eigenvalue weighted by Crippen LogP contribution is 2.45. The molecule has 0 saturated heterocycles. The molecule has 1 atom stereocenters. The van der Waals surface area contributed by atoms with Crippen molar-refractivity contribution in [1.82, 2.24) is 15.4 Å². The van der Waals surface area contributed by atoms with Crippen LogP contribution in [-0.4, -0.2) is 15.9 Å². The van der Waals surface area contributed by atoms with Crippen LogP contribution in [0.25, 0.3) is 16.6 Å². The number of hydrogen-bond donors (Lipinski definition) is 1. The van der Waals surface area contributed by atoms with E-state index in [1.54, 1.807) is 0 Å². The fraction of sp³-hybridized carbons (Fsp3) is 0.261. The summed E-state index contributed by atoms with van der Waals surface area (Å²) in [4.78, 5) is 5.81. The Morgan fingerprint density at radius 2 is 1.97 bits per heavy atom. The predicted octanol–water partition coefficient (Wildman–Crippen LogP) is 6.89. The Morgan fingerprint density at radius 3 is 2.76 bits per heavy atom. The number of aromatic nitrogens is 1. The Balaban J connectivity index is 1.51. The van der Waals surface area contributed by atoms with Crippen LogP contribution in [0.5, 0.6) is 0 Å². The summed E-state index contributed by atoms with van der Waals surface area (Å²) in [6, 6.07) is 16.5. The van der Waals surface area contributed by atoms with Crippen LogP contribution in [0, 0.1) is 5.92 Å². The topological polar surface area (TPSA) is 28.2 Å². The van der Waals surface area contributed by atoms with E-state index < -0.39 is 0 Å². The summed E-state index contributed by atoms with van der Waals surface area (Å²) in [6.07, 6.45) is 4.41. The van der Waals surface area contributed by atoms with Crippen LogP contribution >= 0.6 is 35.0 Å². The Morgan fingerprint density at radius 1 is 1.14 bits per heavy atom. The lowest BCUT2D eigenvalue weighted by atomic mass is 9.99. The number of nitrogens with zero attached hydrogens (tertiary/aromatic N) is 2. The Labute approximate surface area is 185 Å². The molecule has 2 aromatic carbocycles.